The predicted octanol–water partition coefficient (Wildman–Crippen LogP) is 3.34. The molecule has 0 unspecified atom stereocenters. The fraction of sp³-hybridized carbons (Fsp3) is 0.125. The van der Waals surface area contributed by atoms with Crippen LogP contribution in [-0.4, -0.2) is 16.6 Å². The highest BCUT2D eigenvalue weighted by molar-refractivity contribution is 7.99. The van der Waals surface area contributed by atoms with Crippen LogP contribution in [-0.2, 0) is 10.5 Å². The topological polar surface area (TPSA) is 96.0 Å². The van der Waals surface area contributed by atoms with Crippen LogP contribution in [0.5, 0.6) is 0 Å². The quantitative estimate of drug-likeness (QED) is 0.648. The zero-order valence-corrected chi connectivity index (χ0v) is 12.9. The molecule has 1 amide bonds. The Bertz CT molecular complexity index is 754. The average Bonchev–Trinajstić information content (AvgIpc) is 2.56. The van der Waals surface area contributed by atoms with Gasteiger partial charge in [0.1, 0.15) is 6.07 Å². The van der Waals surface area contributed by atoms with Crippen molar-refractivity contribution in [2.24, 2.45) is 0 Å². The monoisotopic (exact) mass is 327 g/mol. The third-order valence-corrected chi connectivity index (χ3v) is 3.97. The highest BCUT2D eigenvalue weighted by atomic mass is 32.2. The van der Waals surface area contributed by atoms with Crippen LogP contribution in [0.2, 0.25) is 0 Å². The largest absolute Gasteiger partial charge is 0.324 e. The van der Waals surface area contributed by atoms with Crippen LogP contribution in [0.3, 0.4) is 0 Å². The van der Waals surface area contributed by atoms with Crippen molar-refractivity contribution in [3.8, 4) is 6.07 Å². The van der Waals surface area contributed by atoms with Crippen molar-refractivity contribution in [2.75, 3.05) is 11.1 Å². The summed E-state index contributed by atoms with van der Waals surface area (Å²) in [5.74, 6) is 0.613. The molecule has 6 nitrogen and oxygen atoms in total. The van der Waals surface area contributed by atoms with Crippen molar-refractivity contribution in [1.29, 1.82) is 5.26 Å². The highest BCUT2D eigenvalue weighted by Gasteiger charge is 2.07. The molecule has 0 saturated carbocycles. The van der Waals surface area contributed by atoms with E-state index in [0.717, 1.165) is 5.56 Å². The maximum atomic E-state index is 11.9. The molecule has 2 rings (SSSR count). The van der Waals surface area contributed by atoms with E-state index < -0.39 is 4.92 Å². The molecule has 0 aromatic heterocycles. The number of non-ortho nitro benzene ring substituents is 1. The van der Waals surface area contributed by atoms with Crippen molar-refractivity contribution in [3.05, 3.63) is 69.8 Å². The lowest BCUT2D eigenvalue weighted by Gasteiger charge is -2.06. The molecule has 0 bridgehead atoms. The van der Waals surface area contributed by atoms with Crippen molar-refractivity contribution in [2.45, 2.75) is 5.75 Å². The van der Waals surface area contributed by atoms with Crippen molar-refractivity contribution in [3.63, 3.8) is 0 Å². The SMILES string of the molecule is N#Cc1ccccc1NC(=O)CSCc1ccc([N+](=O)[O-])cc1. The second-order valence-corrected chi connectivity index (χ2v) is 5.61. The molecule has 116 valence electrons. The van der Waals surface area contributed by atoms with Crippen LogP contribution < -0.4 is 5.32 Å². The van der Waals surface area contributed by atoms with Gasteiger partial charge in [-0.2, -0.15) is 5.26 Å². The second kappa shape index (κ2) is 7.96. The first kappa shape index (κ1) is 16.5. The normalized spacial score (nSPS) is 9.87. The van der Waals surface area contributed by atoms with E-state index in [2.05, 4.69) is 5.32 Å². The van der Waals surface area contributed by atoms with Gasteiger partial charge in [0, 0.05) is 17.9 Å². The summed E-state index contributed by atoms with van der Waals surface area (Å²) in [7, 11) is 0. The number of carbonyl (C=O) groups is 1. The number of carbonyl (C=O) groups excluding carboxylic acids is 1. The first-order chi connectivity index (χ1) is 11.1. The summed E-state index contributed by atoms with van der Waals surface area (Å²) < 4.78 is 0. The predicted molar refractivity (Wildman–Crippen MR) is 89.0 cm³/mol. The summed E-state index contributed by atoms with van der Waals surface area (Å²) in [6.07, 6.45) is 0. The van der Waals surface area contributed by atoms with E-state index >= 15 is 0 Å². The van der Waals surface area contributed by atoms with Crippen molar-refractivity contribution < 1.29 is 9.72 Å². The number of nitriles is 1. The van der Waals surface area contributed by atoms with Crippen LogP contribution >= 0.6 is 11.8 Å². The Labute approximate surface area is 137 Å². The van der Waals surface area contributed by atoms with Gasteiger partial charge in [-0.3, -0.25) is 14.9 Å². The molecule has 0 aliphatic heterocycles. The summed E-state index contributed by atoms with van der Waals surface area (Å²) in [6, 6.07) is 15.1. The lowest BCUT2D eigenvalue weighted by molar-refractivity contribution is -0.384. The number of hydrogen-bond donors (Lipinski definition) is 1. The Morgan fingerprint density at radius 1 is 1.22 bits per heavy atom. The molecule has 0 aliphatic rings. The zero-order valence-electron chi connectivity index (χ0n) is 12.1. The molecule has 0 spiro atoms. The van der Waals surface area contributed by atoms with Crippen LogP contribution in [0, 0.1) is 21.4 Å². The maximum Gasteiger partial charge on any atom is 0.269 e. The number of anilines is 1. The van der Waals surface area contributed by atoms with E-state index in [1.165, 1.54) is 23.9 Å². The van der Waals surface area contributed by atoms with E-state index in [1.54, 1.807) is 36.4 Å². The molecule has 1 N–H and O–H groups in total. The molecule has 0 aliphatic carbocycles. The standard InChI is InChI=1S/C16H13N3O3S/c17-9-13-3-1-2-4-15(13)18-16(20)11-23-10-12-5-7-14(8-6-12)19(21)22/h1-8H,10-11H2,(H,18,20). The van der Waals surface area contributed by atoms with Crippen LogP contribution in [0.1, 0.15) is 11.1 Å². The van der Waals surface area contributed by atoms with E-state index in [9.17, 15) is 14.9 Å². The van der Waals surface area contributed by atoms with Gasteiger partial charge in [-0.25, -0.2) is 0 Å². The minimum atomic E-state index is -0.447. The second-order valence-electron chi connectivity index (χ2n) is 4.62. The molecule has 0 saturated heterocycles. The third-order valence-electron chi connectivity index (χ3n) is 2.97. The molecule has 7 heteroatoms. The molecule has 2 aromatic rings. The highest BCUT2D eigenvalue weighted by Crippen LogP contribution is 2.18. The number of thioether (sulfide) groups is 1. The number of benzene rings is 2. The van der Waals surface area contributed by atoms with Crippen LogP contribution in [0.15, 0.2) is 48.5 Å². The zero-order chi connectivity index (χ0) is 16.7. The van der Waals surface area contributed by atoms with Crippen LogP contribution in [0.25, 0.3) is 0 Å². The molecule has 0 heterocycles. The van der Waals surface area contributed by atoms with Crippen molar-refractivity contribution in [1.82, 2.24) is 0 Å². The average molecular weight is 327 g/mol. The van der Waals surface area contributed by atoms with E-state index in [1.807, 2.05) is 6.07 Å². The third kappa shape index (κ3) is 4.83. The summed E-state index contributed by atoms with van der Waals surface area (Å²) in [4.78, 5) is 22.0. The van der Waals surface area contributed by atoms with Crippen LogP contribution in [0.4, 0.5) is 11.4 Å². The molecule has 2 aromatic carbocycles. The fourth-order valence-electron chi connectivity index (χ4n) is 1.85. The Balaban J connectivity index is 1.83. The number of amides is 1. The smallest absolute Gasteiger partial charge is 0.269 e. The number of nitrogens with one attached hydrogen (secondary N) is 1. The van der Waals surface area contributed by atoms with Gasteiger partial charge >= 0.3 is 0 Å². The Kier molecular flexibility index (Phi) is 5.72. The van der Waals surface area contributed by atoms with E-state index in [-0.39, 0.29) is 17.3 Å². The fourth-order valence-corrected chi connectivity index (χ4v) is 2.64. The maximum absolute atomic E-state index is 11.9. The van der Waals surface area contributed by atoms with Gasteiger partial charge in [0.05, 0.1) is 21.9 Å². The molecule has 0 atom stereocenters. The summed E-state index contributed by atoms with van der Waals surface area (Å²) in [6.45, 7) is 0. The molecular weight excluding hydrogens is 314 g/mol. The van der Waals surface area contributed by atoms with E-state index in [0.29, 0.717) is 17.0 Å². The minimum absolute atomic E-state index is 0.0459. The first-order valence-corrected chi connectivity index (χ1v) is 7.85. The summed E-state index contributed by atoms with van der Waals surface area (Å²) in [5, 5.41) is 22.2. The molecule has 0 radical (unpaired) electrons. The van der Waals surface area contributed by atoms with Gasteiger partial charge in [-0.15, -0.1) is 11.8 Å². The first-order valence-electron chi connectivity index (χ1n) is 6.70. The lowest BCUT2D eigenvalue weighted by atomic mass is 10.2. The van der Waals surface area contributed by atoms with Gasteiger partial charge in [0.25, 0.3) is 5.69 Å². The van der Waals surface area contributed by atoms with Gasteiger partial charge in [0.15, 0.2) is 0 Å². The number of nitro benzene ring substituents is 1. The van der Waals surface area contributed by atoms with Gasteiger partial charge in [-0.05, 0) is 17.7 Å². The van der Waals surface area contributed by atoms with Gasteiger partial charge in [0.2, 0.25) is 5.91 Å². The number of para-hydroxylation sites is 1. The lowest BCUT2D eigenvalue weighted by Crippen LogP contribution is -2.15. The number of rotatable bonds is 6. The summed E-state index contributed by atoms with van der Waals surface area (Å²) >= 11 is 1.40. The minimum Gasteiger partial charge on any atom is -0.324 e. The van der Waals surface area contributed by atoms with Gasteiger partial charge in [-0.1, -0.05) is 24.3 Å². The van der Waals surface area contributed by atoms with E-state index in [4.69, 9.17) is 5.26 Å². The number of hydrogen-bond acceptors (Lipinski definition) is 5. The molecule has 23 heavy (non-hydrogen) atoms. The van der Waals surface area contributed by atoms with Gasteiger partial charge < -0.3 is 5.32 Å². The Morgan fingerprint density at radius 3 is 2.57 bits per heavy atom. The Morgan fingerprint density at radius 2 is 1.91 bits per heavy atom. The van der Waals surface area contributed by atoms with Crippen molar-refractivity contribution >= 4 is 29.0 Å². The Hall–Kier alpha value is -2.85. The number of nitrogens with zero attached hydrogens (tertiary/aromatic N) is 2. The summed E-state index contributed by atoms with van der Waals surface area (Å²) in [5.41, 5.74) is 1.87. The molecular formula is C16H13N3O3S. The molecule has 0 fully saturated rings. The number of nitro groups is 1.